The zero-order valence-electron chi connectivity index (χ0n) is 13.8. The van der Waals surface area contributed by atoms with E-state index in [1.165, 1.54) is 0 Å². The van der Waals surface area contributed by atoms with Crippen molar-refractivity contribution in [2.45, 2.75) is 6.61 Å². The molecular weight excluding hydrogens is 377 g/mol. The summed E-state index contributed by atoms with van der Waals surface area (Å²) < 4.78 is 16.4. The summed E-state index contributed by atoms with van der Waals surface area (Å²) in [5.74, 6) is 1.44. The minimum Gasteiger partial charge on any atom is -0.493 e. The third kappa shape index (κ3) is 4.31. The van der Waals surface area contributed by atoms with Crippen molar-refractivity contribution in [1.29, 1.82) is 0 Å². The van der Waals surface area contributed by atoms with E-state index in [2.05, 4.69) is 5.32 Å². The number of hydrogen-bond donors (Lipinski definition) is 1. The smallest absolute Gasteiger partial charge is 0.291 e. The van der Waals surface area contributed by atoms with Crippen molar-refractivity contribution in [1.82, 2.24) is 0 Å². The predicted octanol–water partition coefficient (Wildman–Crippen LogP) is 5.43. The normalized spacial score (nSPS) is 10.4. The molecule has 2 aromatic carbocycles. The molecule has 0 saturated carbocycles. The molecule has 5 nitrogen and oxygen atoms in total. The van der Waals surface area contributed by atoms with Gasteiger partial charge in [0.25, 0.3) is 5.91 Å². The lowest BCUT2D eigenvalue weighted by Crippen LogP contribution is -2.11. The summed E-state index contributed by atoms with van der Waals surface area (Å²) in [5, 5.41) is 3.51. The highest BCUT2D eigenvalue weighted by atomic mass is 35.5. The molecule has 0 fully saturated rings. The van der Waals surface area contributed by atoms with Crippen LogP contribution in [-0.4, -0.2) is 13.0 Å². The Morgan fingerprint density at radius 1 is 1.08 bits per heavy atom. The average molecular weight is 392 g/mol. The van der Waals surface area contributed by atoms with Crippen molar-refractivity contribution in [3.8, 4) is 11.5 Å². The number of furan rings is 1. The molecule has 0 bridgehead atoms. The van der Waals surface area contributed by atoms with Crippen molar-refractivity contribution in [2.75, 3.05) is 12.4 Å². The number of hydrogen-bond acceptors (Lipinski definition) is 4. The van der Waals surface area contributed by atoms with Gasteiger partial charge >= 0.3 is 0 Å². The number of amides is 1. The van der Waals surface area contributed by atoms with Crippen LogP contribution in [0.15, 0.2) is 59.0 Å². The summed E-state index contributed by atoms with van der Waals surface area (Å²) in [7, 11) is 1.57. The van der Waals surface area contributed by atoms with Crippen LogP contribution in [0.5, 0.6) is 11.5 Å². The van der Waals surface area contributed by atoms with E-state index in [9.17, 15) is 4.79 Å². The number of carbonyl (C=O) groups excluding carboxylic acids is 1. The van der Waals surface area contributed by atoms with Crippen molar-refractivity contribution >= 4 is 34.8 Å². The number of ether oxygens (including phenoxy) is 2. The molecule has 0 radical (unpaired) electrons. The van der Waals surface area contributed by atoms with Gasteiger partial charge < -0.3 is 19.2 Å². The Kier molecular flexibility index (Phi) is 5.71. The first-order valence-corrected chi connectivity index (χ1v) is 8.43. The number of carbonyl (C=O) groups is 1. The summed E-state index contributed by atoms with van der Waals surface area (Å²) >= 11 is 11.9. The molecule has 1 heterocycles. The maximum Gasteiger partial charge on any atom is 0.291 e. The average Bonchev–Trinajstić information content (AvgIpc) is 3.11. The van der Waals surface area contributed by atoms with Crippen LogP contribution in [0.1, 0.15) is 16.3 Å². The number of methoxy groups -OCH3 is 1. The fourth-order valence-corrected chi connectivity index (χ4v) is 2.69. The third-order valence-electron chi connectivity index (χ3n) is 3.50. The molecule has 26 heavy (non-hydrogen) atoms. The van der Waals surface area contributed by atoms with Crippen LogP contribution >= 0.6 is 23.2 Å². The molecule has 1 N–H and O–H groups in total. The highest BCUT2D eigenvalue weighted by Gasteiger charge is 2.14. The van der Waals surface area contributed by atoms with E-state index in [0.717, 1.165) is 0 Å². The van der Waals surface area contributed by atoms with Crippen molar-refractivity contribution in [3.63, 3.8) is 0 Å². The molecule has 1 amide bonds. The van der Waals surface area contributed by atoms with E-state index < -0.39 is 5.91 Å². The fourth-order valence-electron chi connectivity index (χ4n) is 2.24. The van der Waals surface area contributed by atoms with Gasteiger partial charge in [-0.05, 0) is 42.5 Å². The molecular formula is C19H15Cl2NO4. The molecule has 3 rings (SSSR count). The number of nitrogens with one attached hydrogen (secondary N) is 1. The van der Waals surface area contributed by atoms with Gasteiger partial charge in [0.2, 0.25) is 0 Å². The van der Waals surface area contributed by atoms with Gasteiger partial charge in [-0.3, -0.25) is 4.79 Å². The van der Waals surface area contributed by atoms with Gasteiger partial charge in [0, 0.05) is 5.02 Å². The second kappa shape index (κ2) is 8.17. The highest BCUT2D eigenvalue weighted by molar-refractivity contribution is 6.36. The molecule has 7 heteroatoms. The summed E-state index contributed by atoms with van der Waals surface area (Å²) in [6.07, 6.45) is 0. The van der Waals surface area contributed by atoms with E-state index >= 15 is 0 Å². The van der Waals surface area contributed by atoms with Gasteiger partial charge in [-0.15, -0.1) is 0 Å². The van der Waals surface area contributed by atoms with Crippen LogP contribution in [-0.2, 0) is 6.61 Å². The lowest BCUT2D eigenvalue weighted by Gasteiger charge is -2.09. The molecule has 1 aromatic heterocycles. The molecule has 134 valence electrons. The Labute approximate surface area is 160 Å². The van der Waals surface area contributed by atoms with E-state index in [0.29, 0.717) is 33.0 Å². The number of rotatable bonds is 6. The number of benzene rings is 2. The topological polar surface area (TPSA) is 60.7 Å². The molecule has 0 atom stereocenters. The zero-order chi connectivity index (χ0) is 18.5. The van der Waals surface area contributed by atoms with Gasteiger partial charge in [-0.25, -0.2) is 0 Å². The Bertz CT molecular complexity index is 923. The molecule has 0 aliphatic carbocycles. The van der Waals surface area contributed by atoms with Crippen LogP contribution in [0.25, 0.3) is 0 Å². The molecule has 0 unspecified atom stereocenters. The maximum absolute atomic E-state index is 12.3. The first-order valence-electron chi connectivity index (χ1n) is 7.68. The van der Waals surface area contributed by atoms with E-state index in [-0.39, 0.29) is 12.4 Å². The van der Waals surface area contributed by atoms with Crippen LogP contribution in [0.2, 0.25) is 10.0 Å². The van der Waals surface area contributed by atoms with E-state index in [1.807, 2.05) is 12.1 Å². The predicted molar refractivity (Wildman–Crippen MR) is 100 cm³/mol. The largest absolute Gasteiger partial charge is 0.493 e. The van der Waals surface area contributed by atoms with Gasteiger partial charge in [0.05, 0.1) is 17.8 Å². The molecule has 0 saturated heterocycles. The summed E-state index contributed by atoms with van der Waals surface area (Å²) in [6.45, 7) is 0.162. The van der Waals surface area contributed by atoms with Gasteiger partial charge in [-0.1, -0.05) is 35.3 Å². The minimum atomic E-state index is -0.419. The lowest BCUT2D eigenvalue weighted by molar-refractivity contribution is 0.0992. The van der Waals surface area contributed by atoms with Gasteiger partial charge in [0.1, 0.15) is 12.4 Å². The van der Waals surface area contributed by atoms with E-state index in [1.54, 1.807) is 49.6 Å². The molecule has 3 aromatic rings. The standard InChI is InChI=1S/C19H15Cl2NO4/c1-24-16-4-2-3-5-17(16)25-11-13-7-9-18(26-13)19(23)22-15-8-6-12(20)10-14(15)21/h2-10H,11H2,1H3,(H,22,23). The maximum atomic E-state index is 12.3. The zero-order valence-corrected chi connectivity index (χ0v) is 15.3. The van der Waals surface area contributed by atoms with Crippen LogP contribution in [0.4, 0.5) is 5.69 Å². The SMILES string of the molecule is COc1ccccc1OCc1ccc(C(=O)Nc2ccc(Cl)cc2Cl)o1. The Morgan fingerprint density at radius 2 is 1.85 bits per heavy atom. The first kappa shape index (κ1) is 18.2. The summed E-state index contributed by atoms with van der Waals surface area (Å²) in [6, 6.07) is 15.3. The highest BCUT2D eigenvalue weighted by Crippen LogP contribution is 2.28. The number of anilines is 1. The van der Waals surface area contributed by atoms with Crippen LogP contribution < -0.4 is 14.8 Å². The van der Waals surface area contributed by atoms with Gasteiger partial charge in [-0.2, -0.15) is 0 Å². The quantitative estimate of drug-likeness (QED) is 0.608. The summed E-state index contributed by atoms with van der Waals surface area (Å²) in [4.78, 5) is 12.3. The van der Waals surface area contributed by atoms with E-state index in [4.69, 9.17) is 37.1 Å². The Hall–Kier alpha value is -2.63. The van der Waals surface area contributed by atoms with Crippen molar-refractivity contribution < 1.29 is 18.7 Å². The summed E-state index contributed by atoms with van der Waals surface area (Å²) in [5.41, 5.74) is 0.448. The van der Waals surface area contributed by atoms with Crippen LogP contribution in [0, 0.1) is 0 Å². The molecule has 0 aliphatic heterocycles. The Balaban J connectivity index is 1.64. The second-order valence-corrected chi connectivity index (χ2v) is 6.13. The monoisotopic (exact) mass is 391 g/mol. The van der Waals surface area contributed by atoms with Crippen LogP contribution in [0.3, 0.4) is 0 Å². The van der Waals surface area contributed by atoms with Crippen molar-refractivity contribution in [2.24, 2.45) is 0 Å². The first-order chi connectivity index (χ1) is 12.6. The third-order valence-corrected chi connectivity index (χ3v) is 4.05. The fraction of sp³-hybridized carbons (Fsp3) is 0.105. The van der Waals surface area contributed by atoms with Crippen molar-refractivity contribution in [3.05, 3.63) is 76.2 Å². The lowest BCUT2D eigenvalue weighted by atomic mass is 10.3. The molecule has 0 aliphatic rings. The number of halogens is 2. The molecule has 0 spiro atoms. The minimum absolute atomic E-state index is 0.148. The second-order valence-electron chi connectivity index (χ2n) is 5.28. The van der Waals surface area contributed by atoms with Gasteiger partial charge in [0.15, 0.2) is 17.3 Å². The Morgan fingerprint density at radius 3 is 2.58 bits per heavy atom. The number of para-hydroxylation sites is 2.